The second-order valence-electron chi connectivity index (χ2n) is 3.37. The van der Waals surface area contributed by atoms with Gasteiger partial charge in [0.15, 0.2) is 0 Å². The highest BCUT2D eigenvalue weighted by Gasteiger charge is 2.13. The molecule has 0 aromatic heterocycles. The third-order valence-electron chi connectivity index (χ3n) is 2.09. The van der Waals surface area contributed by atoms with Gasteiger partial charge in [-0.25, -0.2) is 9.18 Å². The molecule has 0 aliphatic rings. The Balaban J connectivity index is 2.86. The van der Waals surface area contributed by atoms with Crippen molar-refractivity contribution in [3.8, 4) is 0 Å². The summed E-state index contributed by atoms with van der Waals surface area (Å²) in [6.45, 7) is 0.166. The van der Waals surface area contributed by atoms with Crippen molar-refractivity contribution in [2.24, 2.45) is 0 Å². The van der Waals surface area contributed by atoms with Gasteiger partial charge in [-0.15, -0.1) is 11.6 Å². The average Bonchev–Trinajstić information content (AvgIpc) is 2.35. The highest BCUT2D eigenvalue weighted by molar-refractivity contribution is 6.18. The van der Waals surface area contributed by atoms with E-state index >= 15 is 0 Å². The topological polar surface area (TPSA) is 58.6 Å². The maximum atomic E-state index is 13.0. The Morgan fingerprint density at radius 2 is 2.35 bits per heavy atom. The Hall–Kier alpha value is -1.33. The second-order valence-corrected chi connectivity index (χ2v) is 3.68. The van der Waals surface area contributed by atoms with Crippen LogP contribution in [0.2, 0.25) is 0 Å². The number of esters is 1. The smallest absolute Gasteiger partial charge is 0.340 e. The van der Waals surface area contributed by atoms with E-state index in [0.717, 1.165) is 6.07 Å². The van der Waals surface area contributed by atoms with E-state index in [1.54, 1.807) is 0 Å². The van der Waals surface area contributed by atoms with Crippen LogP contribution in [-0.2, 0) is 4.74 Å². The quantitative estimate of drug-likeness (QED) is 0.625. The number of anilines is 1. The van der Waals surface area contributed by atoms with Crippen molar-refractivity contribution >= 4 is 23.3 Å². The van der Waals surface area contributed by atoms with Gasteiger partial charge in [-0.05, 0) is 18.2 Å². The molecule has 0 radical (unpaired) electrons. The van der Waals surface area contributed by atoms with Crippen LogP contribution in [0.5, 0.6) is 0 Å². The number of alkyl halides is 1. The molecule has 0 fully saturated rings. The molecule has 94 valence electrons. The second kappa shape index (κ2) is 6.42. The van der Waals surface area contributed by atoms with Crippen molar-refractivity contribution in [3.63, 3.8) is 0 Å². The van der Waals surface area contributed by atoms with Crippen LogP contribution in [0.1, 0.15) is 10.4 Å². The fourth-order valence-corrected chi connectivity index (χ4v) is 1.34. The zero-order valence-corrected chi connectivity index (χ0v) is 10.00. The molecule has 2 N–H and O–H groups in total. The van der Waals surface area contributed by atoms with E-state index in [0.29, 0.717) is 5.69 Å². The van der Waals surface area contributed by atoms with Gasteiger partial charge in [0.05, 0.1) is 24.7 Å². The summed E-state index contributed by atoms with van der Waals surface area (Å²) in [6, 6.07) is 3.69. The van der Waals surface area contributed by atoms with Gasteiger partial charge in [-0.3, -0.25) is 0 Å². The van der Waals surface area contributed by atoms with Crippen LogP contribution in [0.4, 0.5) is 10.1 Å². The Bertz CT molecular complexity index is 400. The summed E-state index contributed by atoms with van der Waals surface area (Å²) in [6.07, 6.45) is -0.743. The van der Waals surface area contributed by atoms with E-state index in [2.05, 4.69) is 10.1 Å². The van der Waals surface area contributed by atoms with E-state index in [9.17, 15) is 14.3 Å². The summed E-state index contributed by atoms with van der Waals surface area (Å²) < 4.78 is 17.5. The number of benzene rings is 1. The summed E-state index contributed by atoms with van der Waals surface area (Å²) in [4.78, 5) is 11.4. The Morgan fingerprint density at radius 3 is 2.94 bits per heavy atom. The molecule has 0 bridgehead atoms. The SMILES string of the molecule is COC(=O)c1cc(F)ccc1NCC(O)CCl. The number of ether oxygens (including phenoxy) is 1. The molecule has 0 amide bonds. The highest BCUT2D eigenvalue weighted by Crippen LogP contribution is 2.18. The fourth-order valence-electron chi connectivity index (χ4n) is 1.23. The Morgan fingerprint density at radius 1 is 1.65 bits per heavy atom. The van der Waals surface area contributed by atoms with Crippen LogP contribution in [0.3, 0.4) is 0 Å². The minimum atomic E-state index is -0.743. The molecule has 0 spiro atoms. The molecular weight excluding hydrogens is 249 g/mol. The normalized spacial score (nSPS) is 12.0. The van der Waals surface area contributed by atoms with Crippen molar-refractivity contribution < 1.29 is 19.0 Å². The largest absolute Gasteiger partial charge is 0.465 e. The summed E-state index contributed by atoms with van der Waals surface area (Å²) in [5.41, 5.74) is 0.469. The number of aliphatic hydroxyl groups excluding tert-OH is 1. The maximum Gasteiger partial charge on any atom is 0.340 e. The van der Waals surface area contributed by atoms with Crippen LogP contribution < -0.4 is 5.32 Å². The number of methoxy groups -OCH3 is 1. The van der Waals surface area contributed by atoms with E-state index in [1.807, 2.05) is 0 Å². The molecule has 1 rings (SSSR count). The summed E-state index contributed by atoms with van der Waals surface area (Å²) in [5.74, 6) is -1.11. The molecule has 0 heterocycles. The van der Waals surface area contributed by atoms with Crippen LogP contribution in [0.15, 0.2) is 18.2 Å². The number of hydrogen-bond donors (Lipinski definition) is 2. The van der Waals surface area contributed by atoms with Gasteiger partial charge in [0.2, 0.25) is 0 Å². The van der Waals surface area contributed by atoms with E-state index in [4.69, 9.17) is 11.6 Å². The van der Waals surface area contributed by atoms with E-state index in [-0.39, 0.29) is 18.0 Å². The van der Waals surface area contributed by atoms with Gasteiger partial charge in [0.1, 0.15) is 5.82 Å². The number of carbonyl (C=O) groups is 1. The first-order chi connectivity index (χ1) is 8.08. The highest BCUT2D eigenvalue weighted by atomic mass is 35.5. The molecule has 6 heteroatoms. The molecule has 4 nitrogen and oxygen atoms in total. The van der Waals surface area contributed by atoms with E-state index in [1.165, 1.54) is 19.2 Å². The first-order valence-corrected chi connectivity index (χ1v) is 5.47. The molecule has 1 aromatic rings. The van der Waals surface area contributed by atoms with Crippen molar-refractivity contribution in [2.45, 2.75) is 6.10 Å². The predicted octanol–water partition coefficient (Wildman–Crippen LogP) is 1.62. The predicted molar refractivity (Wildman–Crippen MR) is 63.0 cm³/mol. The number of carbonyl (C=O) groups excluding carboxylic acids is 1. The minimum Gasteiger partial charge on any atom is -0.465 e. The van der Waals surface area contributed by atoms with Crippen LogP contribution in [0.25, 0.3) is 0 Å². The van der Waals surface area contributed by atoms with Gasteiger partial charge in [0, 0.05) is 12.2 Å². The molecule has 0 aliphatic carbocycles. The van der Waals surface area contributed by atoms with Gasteiger partial charge >= 0.3 is 5.97 Å². The van der Waals surface area contributed by atoms with Crippen molar-refractivity contribution in [1.82, 2.24) is 0 Å². The summed E-state index contributed by atoms with van der Waals surface area (Å²) in [5, 5.41) is 12.1. The summed E-state index contributed by atoms with van der Waals surface area (Å²) in [7, 11) is 1.21. The Kier molecular flexibility index (Phi) is 5.18. The van der Waals surface area contributed by atoms with Gasteiger partial charge < -0.3 is 15.2 Å². The third kappa shape index (κ3) is 3.87. The minimum absolute atomic E-state index is 0.0712. The number of rotatable bonds is 5. The monoisotopic (exact) mass is 261 g/mol. The molecule has 1 atom stereocenters. The lowest BCUT2D eigenvalue weighted by Gasteiger charge is -2.13. The molecule has 0 saturated carbocycles. The van der Waals surface area contributed by atoms with Crippen molar-refractivity contribution in [1.29, 1.82) is 0 Å². The molecule has 0 saturated heterocycles. The van der Waals surface area contributed by atoms with Crippen LogP contribution in [0, 0.1) is 5.82 Å². The van der Waals surface area contributed by atoms with Crippen LogP contribution in [-0.4, -0.2) is 36.7 Å². The number of nitrogens with one attached hydrogen (secondary N) is 1. The van der Waals surface area contributed by atoms with Crippen molar-refractivity contribution in [3.05, 3.63) is 29.6 Å². The zero-order chi connectivity index (χ0) is 12.8. The van der Waals surface area contributed by atoms with Gasteiger partial charge in [-0.2, -0.15) is 0 Å². The first kappa shape index (κ1) is 13.7. The number of hydrogen-bond acceptors (Lipinski definition) is 4. The lowest BCUT2D eigenvalue weighted by atomic mass is 10.1. The van der Waals surface area contributed by atoms with Gasteiger partial charge in [0.25, 0.3) is 0 Å². The molecule has 1 aromatic carbocycles. The number of halogens is 2. The fraction of sp³-hybridized carbons (Fsp3) is 0.364. The lowest BCUT2D eigenvalue weighted by molar-refractivity contribution is 0.0601. The molecule has 1 unspecified atom stereocenters. The van der Waals surface area contributed by atoms with E-state index < -0.39 is 17.9 Å². The Labute approximate surface area is 103 Å². The standard InChI is InChI=1S/C11H13ClFNO3/c1-17-11(16)9-4-7(13)2-3-10(9)14-6-8(15)5-12/h2-4,8,14-15H,5-6H2,1H3. The average molecular weight is 262 g/mol. The summed E-state index contributed by atoms with van der Waals surface area (Å²) >= 11 is 5.43. The lowest BCUT2D eigenvalue weighted by Crippen LogP contribution is -2.22. The maximum absolute atomic E-state index is 13.0. The van der Waals surface area contributed by atoms with Crippen molar-refractivity contribution in [2.75, 3.05) is 24.9 Å². The van der Waals surface area contributed by atoms with Crippen LogP contribution >= 0.6 is 11.6 Å². The first-order valence-electron chi connectivity index (χ1n) is 4.94. The molecule has 17 heavy (non-hydrogen) atoms. The molecular formula is C11H13ClFNO3. The third-order valence-corrected chi connectivity index (χ3v) is 2.45. The zero-order valence-electron chi connectivity index (χ0n) is 9.24. The molecule has 0 aliphatic heterocycles. The van der Waals surface area contributed by atoms with Gasteiger partial charge in [-0.1, -0.05) is 0 Å². The number of aliphatic hydroxyl groups is 1.